The van der Waals surface area contributed by atoms with Gasteiger partial charge in [0.25, 0.3) is 0 Å². The Morgan fingerprint density at radius 2 is 2.11 bits per heavy atom. The lowest BCUT2D eigenvalue weighted by Crippen LogP contribution is -2.28. The minimum Gasteiger partial charge on any atom is -0.341 e. The van der Waals surface area contributed by atoms with E-state index in [-0.39, 0.29) is 5.91 Å². The summed E-state index contributed by atoms with van der Waals surface area (Å²) in [6.45, 7) is 1.46. The van der Waals surface area contributed by atoms with E-state index >= 15 is 0 Å². The van der Waals surface area contributed by atoms with E-state index in [0.29, 0.717) is 6.42 Å². The summed E-state index contributed by atoms with van der Waals surface area (Å²) in [5.41, 5.74) is 4.21. The van der Waals surface area contributed by atoms with Crippen molar-refractivity contribution in [2.45, 2.75) is 32.2 Å². The summed E-state index contributed by atoms with van der Waals surface area (Å²) in [4.78, 5) is 13.6. The Balaban J connectivity index is 1.94. The molecule has 1 aromatic carbocycles. The molecule has 0 saturated carbocycles. The fourth-order valence-electron chi connectivity index (χ4n) is 2.51. The number of fused-ring (bicyclic) bond motifs is 1. The molecule has 98 valence electrons. The third-order valence-electron chi connectivity index (χ3n) is 3.60. The molecule has 1 amide bonds. The van der Waals surface area contributed by atoms with Crippen molar-refractivity contribution < 1.29 is 4.79 Å². The van der Waals surface area contributed by atoms with Crippen molar-refractivity contribution in [1.29, 1.82) is 0 Å². The molecule has 1 aliphatic carbocycles. The van der Waals surface area contributed by atoms with Gasteiger partial charge in [0.1, 0.15) is 0 Å². The van der Waals surface area contributed by atoms with Crippen LogP contribution in [0.5, 0.6) is 0 Å². The van der Waals surface area contributed by atoms with Gasteiger partial charge in [-0.3, -0.25) is 4.79 Å². The van der Waals surface area contributed by atoms with Crippen LogP contribution in [-0.2, 0) is 24.2 Å². The van der Waals surface area contributed by atoms with E-state index in [2.05, 4.69) is 23.5 Å². The summed E-state index contributed by atoms with van der Waals surface area (Å²) in [7, 11) is 3.75. The summed E-state index contributed by atoms with van der Waals surface area (Å²) >= 11 is 0. The fraction of sp³-hybridized carbons (Fsp3) is 0.533. The van der Waals surface area contributed by atoms with Gasteiger partial charge in [-0.2, -0.15) is 0 Å². The second kappa shape index (κ2) is 6.01. The molecular formula is C15H22N2O. The second-order valence-corrected chi connectivity index (χ2v) is 5.06. The van der Waals surface area contributed by atoms with Crippen molar-refractivity contribution in [3.63, 3.8) is 0 Å². The normalized spacial score (nSPS) is 13.4. The first-order valence-corrected chi connectivity index (χ1v) is 6.70. The summed E-state index contributed by atoms with van der Waals surface area (Å²) in [5.74, 6) is 0.199. The lowest BCUT2D eigenvalue weighted by molar-refractivity contribution is -0.130. The predicted octanol–water partition coefficient (Wildman–Crippen LogP) is 1.74. The van der Waals surface area contributed by atoms with Crippen LogP contribution in [0, 0.1) is 0 Å². The molecule has 0 unspecified atom stereocenters. The molecule has 1 aliphatic rings. The number of hydrogen-bond acceptors (Lipinski definition) is 2. The molecule has 18 heavy (non-hydrogen) atoms. The molecular weight excluding hydrogens is 224 g/mol. The molecule has 0 atom stereocenters. The zero-order valence-electron chi connectivity index (χ0n) is 11.3. The van der Waals surface area contributed by atoms with Gasteiger partial charge >= 0.3 is 0 Å². The molecule has 0 heterocycles. The summed E-state index contributed by atoms with van der Waals surface area (Å²) in [6.07, 6.45) is 4.25. The molecule has 0 aromatic heterocycles. The number of hydrogen-bond donors (Lipinski definition) is 1. The maximum absolute atomic E-state index is 11.8. The first-order chi connectivity index (χ1) is 8.70. The Morgan fingerprint density at radius 1 is 1.33 bits per heavy atom. The molecule has 1 N–H and O–H groups in total. The highest BCUT2D eigenvalue weighted by Gasteiger charge is 2.13. The standard InChI is InChI=1S/C15H22N2O/c1-16-9-8-15(18)17(2)11-12-6-7-13-4-3-5-14(13)10-12/h6-7,10,16H,3-5,8-9,11H2,1-2H3. The number of rotatable bonds is 5. The zero-order chi connectivity index (χ0) is 13.0. The van der Waals surface area contributed by atoms with Crippen LogP contribution in [0.25, 0.3) is 0 Å². The number of carbonyl (C=O) groups is 1. The van der Waals surface area contributed by atoms with Gasteiger partial charge in [0.2, 0.25) is 5.91 Å². The molecule has 0 saturated heterocycles. The second-order valence-electron chi connectivity index (χ2n) is 5.06. The molecule has 3 heteroatoms. The first-order valence-electron chi connectivity index (χ1n) is 6.70. The molecule has 0 radical (unpaired) electrons. The minimum absolute atomic E-state index is 0.199. The molecule has 1 aromatic rings. The highest BCUT2D eigenvalue weighted by molar-refractivity contribution is 5.76. The number of benzene rings is 1. The SMILES string of the molecule is CNCCC(=O)N(C)Cc1ccc2c(c1)CCC2. The van der Waals surface area contributed by atoms with Gasteiger partial charge in [-0.05, 0) is 43.0 Å². The Morgan fingerprint density at radius 3 is 2.89 bits per heavy atom. The summed E-state index contributed by atoms with van der Waals surface area (Å²) in [6, 6.07) is 6.65. The van der Waals surface area contributed by atoms with E-state index in [4.69, 9.17) is 0 Å². The van der Waals surface area contributed by atoms with Crippen LogP contribution in [0.2, 0.25) is 0 Å². The Labute approximate surface area is 109 Å². The van der Waals surface area contributed by atoms with Gasteiger partial charge in [0, 0.05) is 26.6 Å². The van der Waals surface area contributed by atoms with Crippen molar-refractivity contribution in [2.24, 2.45) is 0 Å². The quantitative estimate of drug-likeness (QED) is 0.858. The van der Waals surface area contributed by atoms with Crippen LogP contribution in [0.3, 0.4) is 0 Å². The minimum atomic E-state index is 0.199. The van der Waals surface area contributed by atoms with E-state index in [1.165, 1.54) is 36.0 Å². The average molecular weight is 246 g/mol. The Hall–Kier alpha value is -1.35. The summed E-state index contributed by atoms with van der Waals surface area (Å²) in [5, 5.41) is 3.00. The Kier molecular flexibility index (Phi) is 4.37. The smallest absolute Gasteiger partial charge is 0.223 e. The van der Waals surface area contributed by atoms with Gasteiger partial charge in [0.05, 0.1) is 0 Å². The molecule has 0 bridgehead atoms. The number of amides is 1. The van der Waals surface area contributed by atoms with Gasteiger partial charge in [0.15, 0.2) is 0 Å². The average Bonchev–Trinajstić information content (AvgIpc) is 2.83. The van der Waals surface area contributed by atoms with Crippen LogP contribution in [0.4, 0.5) is 0 Å². The molecule has 0 fully saturated rings. The topological polar surface area (TPSA) is 32.3 Å². The van der Waals surface area contributed by atoms with E-state index in [1.54, 1.807) is 0 Å². The van der Waals surface area contributed by atoms with Crippen molar-refractivity contribution in [3.8, 4) is 0 Å². The summed E-state index contributed by atoms with van der Waals surface area (Å²) < 4.78 is 0. The van der Waals surface area contributed by atoms with Crippen molar-refractivity contribution in [1.82, 2.24) is 10.2 Å². The van der Waals surface area contributed by atoms with E-state index in [0.717, 1.165) is 13.1 Å². The van der Waals surface area contributed by atoms with Gasteiger partial charge in [-0.1, -0.05) is 18.2 Å². The van der Waals surface area contributed by atoms with Crippen molar-refractivity contribution >= 4 is 5.91 Å². The largest absolute Gasteiger partial charge is 0.341 e. The predicted molar refractivity (Wildman–Crippen MR) is 73.5 cm³/mol. The van der Waals surface area contributed by atoms with Gasteiger partial charge in [-0.15, -0.1) is 0 Å². The van der Waals surface area contributed by atoms with Gasteiger partial charge in [-0.25, -0.2) is 0 Å². The van der Waals surface area contributed by atoms with Crippen LogP contribution in [0.1, 0.15) is 29.5 Å². The molecule has 3 nitrogen and oxygen atoms in total. The van der Waals surface area contributed by atoms with Crippen LogP contribution >= 0.6 is 0 Å². The number of carbonyl (C=O) groups excluding carboxylic acids is 1. The molecule has 0 aliphatic heterocycles. The van der Waals surface area contributed by atoms with E-state index in [1.807, 2.05) is 19.0 Å². The monoisotopic (exact) mass is 246 g/mol. The van der Waals surface area contributed by atoms with Crippen LogP contribution < -0.4 is 5.32 Å². The number of aryl methyl sites for hydroxylation is 2. The fourth-order valence-corrected chi connectivity index (χ4v) is 2.51. The highest BCUT2D eigenvalue weighted by Crippen LogP contribution is 2.23. The maximum atomic E-state index is 11.8. The van der Waals surface area contributed by atoms with Gasteiger partial charge < -0.3 is 10.2 Å². The molecule has 0 spiro atoms. The lowest BCUT2D eigenvalue weighted by Gasteiger charge is -2.17. The van der Waals surface area contributed by atoms with E-state index < -0.39 is 0 Å². The maximum Gasteiger partial charge on any atom is 0.223 e. The van der Waals surface area contributed by atoms with Crippen molar-refractivity contribution in [2.75, 3.05) is 20.6 Å². The van der Waals surface area contributed by atoms with Crippen molar-refractivity contribution in [3.05, 3.63) is 34.9 Å². The number of nitrogens with zero attached hydrogens (tertiary/aromatic N) is 1. The van der Waals surface area contributed by atoms with Crippen LogP contribution in [-0.4, -0.2) is 31.4 Å². The highest BCUT2D eigenvalue weighted by atomic mass is 16.2. The van der Waals surface area contributed by atoms with Crippen LogP contribution in [0.15, 0.2) is 18.2 Å². The Bertz CT molecular complexity index is 429. The van der Waals surface area contributed by atoms with E-state index in [9.17, 15) is 4.79 Å². The lowest BCUT2D eigenvalue weighted by atomic mass is 10.1. The first kappa shape index (κ1) is 13.1. The third kappa shape index (κ3) is 3.10. The number of nitrogens with one attached hydrogen (secondary N) is 1. The third-order valence-corrected chi connectivity index (χ3v) is 3.60. The zero-order valence-corrected chi connectivity index (χ0v) is 11.3. The molecule has 2 rings (SSSR count).